The van der Waals surface area contributed by atoms with Crippen molar-refractivity contribution in [2.75, 3.05) is 14.2 Å². The molecular formula is C23H28N4O2. The van der Waals surface area contributed by atoms with E-state index in [1.54, 1.807) is 14.2 Å². The standard InChI is InChI=1S/C23H28N4O2/c1-28-20-13-18(19(14-21(20)29-2)17-9-5-3-6-10-17)15-24-16-23-26-25-22-11-7-4-8-12-27(22)23/h3,5-6,9-10,13-14,24H,4,7-8,11-12,15-16H2,1-2H3. The lowest BCUT2D eigenvalue weighted by Crippen LogP contribution is -2.18. The molecule has 0 bridgehead atoms. The zero-order chi connectivity index (χ0) is 20.1. The first-order valence-electron chi connectivity index (χ1n) is 10.2. The van der Waals surface area contributed by atoms with Gasteiger partial charge >= 0.3 is 0 Å². The van der Waals surface area contributed by atoms with Crippen LogP contribution < -0.4 is 14.8 Å². The summed E-state index contributed by atoms with van der Waals surface area (Å²) in [5.74, 6) is 3.61. The highest BCUT2D eigenvalue weighted by atomic mass is 16.5. The minimum Gasteiger partial charge on any atom is -0.493 e. The molecule has 0 atom stereocenters. The summed E-state index contributed by atoms with van der Waals surface area (Å²) in [6, 6.07) is 14.5. The fraction of sp³-hybridized carbons (Fsp3) is 0.391. The topological polar surface area (TPSA) is 61.2 Å². The highest BCUT2D eigenvalue weighted by Crippen LogP contribution is 2.35. The summed E-state index contributed by atoms with van der Waals surface area (Å²) < 4.78 is 13.3. The van der Waals surface area contributed by atoms with Gasteiger partial charge in [-0.25, -0.2) is 0 Å². The number of rotatable bonds is 7. The van der Waals surface area contributed by atoms with Crippen molar-refractivity contribution in [3.8, 4) is 22.6 Å². The van der Waals surface area contributed by atoms with E-state index in [0.717, 1.165) is 52.8 Å². The van der Waals surface area contributed by atoms with Crippen molar-refractivity contribution >= 4 is 0 Å². The second-order valence-corrected chi connectivity index (χ2v) is 7.33. The van der Waals surface area contributed by atoms with Crippen molar-refractivity contribution in [1.82, 2.24) is 20.1 Å². The number of aryl methyl sites for hydroxylation is 1. The van der Waals surface area contributed by atoms with Crippen LogP contribution in [0.25, 0.3) is 11.1 Å². The molecule has 1 aromatic heterocycles. The molecule has 6 nitrogen and oxygen atoms in total. The molecule has 0 saturated carbocycles. The van der Waals surface area contributed by atoms with Gasteiger partial charge in [0, 0.05) is 19.5 Å². The number of aromatic nitrogens is 3. The Bertz CT molecular complexity index is 953. The van der Waals surface area contributed by atoms with E-state index in [1.807, 2.05) is 12.1 Å². The van der Waals surface area contributed by atoms with Crippen LogP contribution in [0.1, 0.15) is 36.5 Å². The summed E-state index contributed by atoms with van der Waals surface area (Å²) in [5, 5.41) is 12.4. The van der Waals surface area contributed by atoms with E-state index in [-0.39, 0.29) is 0 Å². The molecule has 152 valence electrons. The zero-order valence-electron chi connectivity index (χ0n) is 17.1. The zero-order valence-corrected chi connectivity index (χ0v) is 17.1. The Morgan fingerprint density at radius 2 is 1.72 bits per heavy atom. The molecule has 0 unspecified atom stereocenters. The lowest BCUT2D eigenvalue weighted by Gasteiger charge is -2.16. The summed E-state index contributed by atoms with van der Waals surface area (Å²) in [4.78, 5) is 0. The molecule has 2 heterocycles. The van der Waals surface area contributed by atoms with Crippen molar-refractivity contribution in [3.05, 3.63) is 59.7 Å². The van der Waals surface area contributed by atoms with Gasteiger partial charge in [0.1, 0.15) is 11.6 Å². The molecule has 0 fully saturated rings. The predicted octanol–water partition coefficient (Wildman–Crippen LogP) is 3.98. The first-order chi connectivity index (χ1) is 14.3. The molecule has 29 heavy (non-hydrogen) atoms. The number of fused-ring (bicyclic) bond motifs is 1. The lowest BCUT2D eigenvalue weighted by molar-refractivity contribution is 0.354. The third-order valence-corrected chi connectivity index (χ3v) is 5.48. The van der Waals surface area contributed by atoms with Gasteiger partial charge in [0.15, 0.2) is 11.5 Å². The molecule has 3 aromatic rings. The van der Waals surface area contributed by atoms with Crippen LogP contribution in [0.2, 0.25) is 0 Å². The Hall–Kier alpha value is -2.86. The Balaban J connectivity index is 1.56. The average Bonchev–Trinajstić information content (AvgIpc) is 2.99. The average molecular weight is 393 g/mol. The number of nitrogens with zero attached hydrogens (tertiary/aromatic N) is 3. The van der Waals surface area contributed by atoms with Crippen LogP contribution in [0.15, 0.2) is 42.5 Å². The fourth-order valence-corrected chi connectivity index (χ4v) is 3.94. The summed E-state index contributed by atoms with van der Waals surface area (Å²) in [6.07, 6.45) is 4.70. The van der Waals surface area contributed by atoms with E-state index >= 15 is 0 Å². The number of hydrogen-bond donors (Lipinski definition) is 1. The maximum absolute atomic E-state index is 5.53. The second kappa shape index (κ2) is 9.09. The Morgan fingerprint density at radius 1 is 0.931 bits per heavy atom. The molecule has 0 amide bonds. The normalized spacial score (nSPS) is 13.6. The van der Waals surface area contributed by atoms with E-state index in [2.05, 4.69) is 50.4 Å². The largest absolute Gasteiger partial charge is 0.493 e. The smallest absolute Gasteiger partial charge is 0.161 e. The van der Waals surface area contributed by atoms with E-state index in [0.29, 0.717) is 13.1 Å². The number of ether oxygens (including phenoxy) is 2. The number of benzene rings is 2. The molecule has 0 saturated heterocycles. The maximum Gasteiger partial charge on any atom is 0.161 e. The molecule has 1 aliphatic heterocycles. The highest BCUT2D eigenvalue weighted by Gasteiger charge is 2.16. The van der Waals surface area contributed by atoms with Gasteiger partial charge in [0.25, 0.3) is 0 Å². The van der Waals surface area contributed by atoms with E-state index in [4.69, 9.17) is 9.47 Å². The monoisotopic (exact) mass is 392 g/mol. The first-order valence-corrected chi connectivity index (χ1v) is 10.2. The third kappa shape index (κ3) is 4.27. The molecule has 0 spiro atoms. The molecule has 1 N–H and O–H groups in total. The molecule has 4 rings (SSSR count). The van der Waals surface area contributed by atoms with Crippen molar-refractivity contribution in [2.45, 2.75) is 45.3 Å². The number of hydrogen-bond acceptors (Lipinski definition) is 5. The van der Waals surface area contributed by atoms with Crippen molar-refractivity contribution in [2.24, 2.45) is 0 Å². The SMILES string of the molecule is COc1cc(CNCc2nnc3n2CCCCC3)c(-c2ccccc2)cc1OC. The minimum atomic E-state index is 0.690. The van der Waals surface area contributed by atoms with Gasteiger partial charge in [-0.2, -0.15) is 0 Å². The minimum absolute atomic E-state index is 0.690. The van der Waals surface area contributed by atoms with Gasteiger partial charge in [-0.1, -0.05) is 36.8 Å². The molecule has 0 radical (unpaired) electrons. The van der Waals surface area contributed by atoms with E-state index < -0.39 is 0 Å². The van der Waals surface area contributed by atoms with Gasteiger partial charge in [-0.15, -0.1) is 10.2 Å². The molecule has 0 aliphatic carbocycles. The van der Waals surface area contributed by atoms with Gasteiger partial charge < -0.3 is 19.4 Å². The van der Waals surface area contributed by atoms with Gasteiger partial charge in [-0.05, 0) is 41.7 Å². The van der Waals surface area contributed by atoms with Gasteiger partial charge in [0.05, 0.1) is 20.8 Å². The molecular weight excluding hydrogens is 364 g/mol. The van der Waals surface area contributed by atoms with Crippen LogP contribution in [0.5, 0.6) is 11.5 Å². The van der Waals surface area contributed by atoms with Crippen molar-refractivity contribution < 1.29 is 9.47 Å². The van der Waals surface area contributed by atoms with Crippen LogP contribution in [0.3, 0.4) is 0 Å². The van der Waals surface area contributed by atoms with Crippen LogP contribution >= 0.6 is 0 Å². The van der Waals surface area contributed by atoms with Gasteiger partial charge in [-0.3, -0.25) is 0 Å². The Kier molecular flexibility index (Phi) is 6.10. The van der Waals surface area contributed by atoms with Crippen LogP contribution in [0.4, 0.5) is 0 Å². The molecule has 6 heteroatoms. The van der Waals surface area contributed by atoms with Crippen LogP contribution in [-0.2, 0) is 26.1 Å². The first kappa shape index (κ1) is 19.5. The van der Waals surface area contributed by atoms with Crippen LogP contribution in [0, 0.1) is 0 Å². The van der Waals surface area contributed by atoms with Crippen LogP contribution in [-0.4, -0.2) is 29.0 Å². The van der Waals surface area contributed by atoms with E-state index in [1.165, 1.54) is 19.3 Å². The third-order valence-electron chi connectivity index (χ3n) is 5.48. The lowest BCUT2D eigenvalue weighted by atomic mass is 9.98. The summed E-state index contributed by atoms with van der Waals surface area (Å²) in [7, 11) is 3.34. The summed E-state index contributed by atoms with van der Waals surface area (Å²) in [5.41, 5.74) is 3.45. The highest BCUT2D eigenvalue weighted by molar-refractivity contribution is 5.71. The fourth-order valence-electron chi connectivity index (χ4n) is 3.94. The Morgan fingerprint density at radius 3 is 2.52 bits per heavy atom. The Labute approximate surface area is 171 Å². The summed E-state index contributed by atoms with van der Waals surface area (Å²) in [6.45, 7) is 2.41. The summed E-state index contributed by atoms with van der Waals surface area (Å²) >= 11 is 0. The van der Waals surface area contributed by atoms with E-state index in [9.17, 15) is 0 Å². The predicted molar refractivity (Wildman–Crippen MR) is 113 cm³/mol. The molecule has 1 aliphatic rings. The maximum atomic E-state index is 5.53. The van der Waals surface area contributed by atoms with Gasteiger partial charge in [0.2, 0.25) is 0 Å². The van der Waals surface area contributed by atoms with Crippen molar-refractivity contribution in [1.29, 1.82) is 0 Å². The quantitative estimate of drug-likeness (QED) is 0.659. The second-order valence-electron chi connectivity index (χ2n) is 7.33. The molecule has 2 aromatic carbocycles. The number of nitrogens with one attached hydrogen (secondary N) is 1. The number of methoxy groups -OCH3 is 2. The van der Waals surface area contributed by atoms with Crippen molar-refractivity contribution in [3.63, 3.8) is 0 Å².